The summed E-state index contributed by atoms with van der Waals surface area (Å²) in [6.45, 7) is 10.6. The zero-order chi connectivity index (χ0) is 35.1. The number of nitrogens with zero attached hydrogens (tertiary/aromatic N) is 3. The van der Waals surface area contributed by atoms with Gasteiger partial charge in [0.15, 0.2) is 18.4 Å². The number of hydrogen-bond donors (Lipinski definition) is 1. The SMILES string of the molecule is CC(=O)N[C@@H]1[C@@H](OC(C)=O)[C@H](OC(C)=O)[C@@H](COC(C)=O)O[C@H]1n1cc(COC(=O)CCc2ccc(C(C)C)cc3c(C)ccc2-3)nn1. The van der Waals surface area contributed by atoms with Gasteiger partial charge in [0.25, 0.3) is 0 Å². The van der Waals surface area contributed by atoms with Crippen LogP contribution in [0, 0.1) is 6.92 Å². The van der Waals surface area contributed by atoms with Crippen LogP contribution in [0.1, 0.15) is 82.5 Å². The van der Waals surface area contributed by atoms with Crippen molar-refractivity contribution in [3.63, 3.8) is 0 Å². The van der Waals surface area contributed by atoms with Crippen LogP contribution in [-0.4, -0.2) is 75.7 Å². The fourth-order valence-electron chi connectivity index (χ4n) is 5.65. The summed E-state index contributed by atoms with van der Waals surface area (Å²) in [6.07, 6.45) is -2.70. The largest absolute Gasteiger partial charge is 0.463 e. The van der Waals surface area contributed by atoms with Crippen molar-refractivity contribution >= 4 is 29.8 Å². The molecule has 0 aromatic carbocycles. The van der Waals surface area contributed by atoms with Crippen molar-refractivity contribution in [2.45, 2.75) is 104 Å². The molecule has 1 N–H and O–H groups in total. The lowest BCUT2D eigenvalue weighted by Gasteiger charge is -2.45. The molecule has 258 valence electrons. The number of nitrogens with one attached hydrogen (secondary N) is 1. The van der Waals surface area contributed by atoms with Crippen LogP contribution in [0.15, 0.2) is 36.5 Å². The number of ether oxygens (including phenoxy) is 5. The number of carbonyl (C=O) groups excluding carboxylic acids is 5. The van der Waals surface area contributed by atoms with Crippen LogP contribution in [-0.2, 0) is 60.7 Å². The lowest BCUT2D eigenvalue weighted by Crippen LogP contribution is -2.64. The molecule has 14 nitrogen and oxygen atoms in total. The van der Waals surface area contributed by atoms with E-state index in [2.05, 4.69) is 66.7 Å². The Bertz CT molecular complexity index is 1620. The fraction of sp³-hybridized carbons (Fsp3) is 0.500. The smallest absolute Gasteiger partial charge is 0.306 e. The minimum atomic E-state index is -1.26. The van der Waals surface area contributed by atoms with Crippen molar-refractivity contribution < 1.29 is 47.7 Å². The second kappa shape index (κ2) is 15.8. The molecule has 1 aromatic heterocycles. The van der Waals surface area contributed by atoms with Gasteiger partial charge in [0.2, 0.25) is 5.91 Å². The molecule has 1 amide bonds. The molecule has 0 saturated carbocycles. The second-order valence-electron chi connectivity index (χ2n) is 12.1. The molecular weight excluding hydrogens is 624 g/mol. The Morgan fingerprint density at radius 2 is 1.62 bits per heavy atom. The van der Waals surface area contributed by atoms with Gasteiger partial charge in [-0.3, -0.25) is 24.0 Å². The van der Waals surface area contributed by atoms with E-state index in [-0.39, 0.29) is 25.3 Å². The van der Waals surface area contributed by atoms with Crippen LogP contribution < -0.4 is 5.32 Å². The normalized spacial score (nSPS) is 20.6. The molecule has 2 heterocycles. The Hall–Kier alpha value is -4.85. The van der Waals surface area contributed by atoms with E-state index in [4.69, 9.17) is 23.7 Å². The highest BCUT2D eigenvalue weighted by Gasteiger charge is 2.51. The van der Waals surface area contributed by atoms with Crippen LogP contribution in [0.2, 0.25) is 0 Å². The molecule has 2 aliphatic carbocycles. The number of aryl methyl sites for hydroxylation is 2. The maximum atomic E-state index is 12.8. The van der Waals surface area contributed by atoms with Crippen LogP contribution in [0.3, 0.4) is 0 Å². The molecule has 1 aromatic rings. The van der Waals surface area contributed by atoms with Crippen LogP contribution in [0.5, 0.6) is 0 Å². The maximum Gasteiger partial charge on any atom is 0.306 e. The van der Waals surface area contributed by atoms with Crippen molar-refractivity contribution in [1.82, 2.24) is 20.3 Å². The molecule has 5 atom stereocenters. The lowest BCUT2D eigenvalue weighted by atomic mass is 9.95. The first kappa shape index (κ1) is 36.0. The Kier molecular flexibility index (Phi) is 11.9. The predicted octanol–water partition coefficient (Wildman–Crippen LogP) is 3.32. The molecule has 14 heteroatoms. The zero-order valence-corrected chi connectivity index (χ0v) is 28.2. The molecule has 1 fully saturated rings. The Morgan fingerprint density at radius 1 is 0.917 bits per heavy atom. The van der Waals surface area contributed by atoms with E-state index in [1.807, 2.05) is 0 Å². The van der Waals surface area contributed by atoms with Crippen LogP contribution >= 0.6 is 0 Å². The quantitative estimate of drug-likeness (QED) is 0.221. The van der Waals surface area contributed by atoms with Crippen molar-refractivity contribution in [3.05, 3.63) is 58.9 Å². The predicted molar refractivity (Wildman–Crippen MR) is 169 cm³/mol. The number of rotatable bonds is 12. The molecule has 0 bridgehead atoms. The molecular formula is C34H42N4O10. The molecule has 0 spiro atoms. The van der Waals surface area contributed by atoms with Crippen molar-refractivity contribution in [1.29, 1.82) is 0 Å². The Balaban J connectivity index is 1.49. The zero-order valence-electron chi connectivity index (χ0n) is 28.2. The third-order valence-corrected chi connectivity index (χ3v) is 7.90. The summed E-state index contributed by atoms with van der Waals surface area (Å²) in [6, 6.07) is 9.41. The van der Waals surface area contributed by atoms with Gasteiger partial charge in [-0.2, -0.15) is 0 Å². The van der Waals surface area contributed by atoms with E-state index in [9.17, 15) is 24.0 Å². The topological polar surface area (TPSA) is 174 Å². The summed E-state index contributed by atoms with van der Waals surface area (Å²) in [5, 5.41) is 10.9. The standard InChI is InChI=1S/C34H42N4O10/c1-18(2)25-10-9-24(27-12-8-19(3)28(27)14-25)11-13-30(43)45-16-26-15-38(37-36-26)34-31(35-20(4)39)33(47-23(7)42)32(46-22(6)41)29(48-34)17-44-21(5)40/h8-10,12,14-15,18,29,31-34H,11,13,16-17H2,1-7H3,(H,35,39)/t29-,31-,32-,33-,34-/m1/s1. The molecule has 3 aliphatic rings. The van der Waals surface area contributed by atoms with E-state index < -0.39 is 60.4 Å². The first-order valence-electron chi connectivity index (χ1n) is 15.7. The van der Waals surface area contributed by atoms with E-state index in [1.165, 1.54) is 35.9 Å². The van der Waals surface area contributed by atoms with Gasteiger partial charge >= 0.3 is 23.9 Å². The van der Waals surface area contributed by atoms with Crippen LogP contribution in [0.4, 0.5) is 0 Å². The van der Waals surface area contributed by atoms with Crippen molar-refractivity contribution in [3.8, 4) is 11.1 Å². The first-order chi connectivity index (χ1) is 22.7. The van der Waals surface area contributed by atoms with Gasteiger partial charge in [-0.05, 0) is 47.1 Å². The van der Waals surface area contributed by atoms with Crippen molar-refractivity contribution in [2.24, 2.45) is 0 Å². The highest BCUT2D eigenvalue weighted by Crippen LogP contribution is 2.34. The van der Waals surface area contributed by atoms with E-state index in [0.29, 0.717) is 12.3 Å². The monoisotopic (exact) mass is 666 g/mol. The third-order valence-electron chi connectivity index (χ3n) is 7.90. The number of aromatic nitrogens is 3. The third kappa shape index (κ3) is 9.15. The average molecular weight is 667 g/mol. The fourth-order valence-corrected chi connectivity index (χ4v) is 5.65. The Labute approximate surface area is 278 Å². The lowest BCUT2D eigenvalue weighted by molar-refractivity contribution is -0.239. The Morgan fingerprint density at radius 3 is 2.27 bits per heavy atom. The van der Waals surface area contributed by atoms with Gasteiger partial charge in [0, 0.05) is 34.1 Å². The number of hydrogen-bond acceptors (Lipinski definition) is 12. The average Bonchev–Trinajstić information content (AvgIpc) is 3.56. The summed E-state index contributed by atoms with van der Waals surface area (Å²) in [5.41, 5.74) is 5.98. The highest BCUT2D eigenvalue weighted by atomic mass is 16.6. The van der Waals surface area contributed by atoms with Gasteiger partial charge < -0.3 is 29.0 Å². The summed E-state index contributed by atoms with van der Waals surface area (Å²) in [4.78, 5) is 60.8. The van der Waals surface area contributed by atoms with Crippen molar-refractivity contribution in [2.75, 3.05) is 6.61 Å². The van der Waals surface area contributed by atoms with Crippen LogP contribution in [0.25, 0.3) is 11.1 Å². The molecule has 1 saturated heterocycles. The van der Waals surface area contributed by atoms with E-state index in [1.54, 1.807) is 0 Å². The summed E-state index contributed by atoms with van der Waals surface area (Å²) in [5.74, 6) is -2.62. The highest BCUT2D eigenvalue weighted by molar-refractivity contribution is 5.76. The van der Waals surface area contributed by atoms with Gasteiger partial charge in [-0.25, -0.2) is 4.68 Å². The van der Waals surface area contributed by atoms with Gasteiger partial charge in [-0.1, -0.05) is 49.4 Å². The van der Waals surface area contributed by atoms with E-state index >= 15 is 0 Å². The minimum absolute atomic E-state index is 0.143. The maximum absolute atomic E-state index is 12.8. The molecule has 0 unspecified atom stereocenters. The second-order valence-corrected chi connectivity index (χ2v) is 12.1. The summed E-state index contributed by atoms with van der Waals surface area (Å²) < 4.78 is 29.0. The number of esters is 4. The number of amides is 1. The number of carbonyl (C=O) groups is 5. The van der Waals surface area contributed by atoms with Gasteiger partial charge in [0.1, 0.15) is 31.1 Å². The first-order valence-corrected chi connectivity index (χ1v) is 15.7. The molecule has 0 radical (unpaired) electrons. The molecule has 48 heavy (non-hydrogen) atoms. The summed E-state index contributed by atoms with van der Waals surface area (Å²) >= 11 is 0. The van der Waals surface area contributed by atoms with E-state index in [0.717, 1.165) is 30.5 Å². The molecule has 4 rings (SSSR count). The molecule has 1 aliphatic heterocycles. The number of fused-ring (bicyclic) bond motifs is 1. The van der Waals surface area contributed by atoms with Gasteiger partial charge in [-0.15, -0.1) is 5.10 Å². The summed E-state index contributed by atoms with van der Waals surface area (Å²) in [7, 11) is 0. The van der Waals surface area contributed by atoms with Gasteiger partial charge in [0.05, 0.1) is 6.20 Å². The minimum Gasteiger partial charge on any atom is -0.463 e.